The van der Waals surface area contributed by atoms with Crippen molar-refractivity contribution in [2.45, 2.75) is 95.0 Å². The summed E-state index contributed by atoms with van der Waals surface area (Å²) in [6.07, 6.45) is 6.73. The molecule has 1 saturated heterocycles. The van der Waals surface area contributed by atoms with Crippen LogP contribution in [-0.2, 0) is 19.1 Å². The first-order valence-electron chi connectivity index (χ1n) is 16.2. The first-order chi connectivity index (χ1) is 22.8. The number of hydrogen-bond acceptors (Lipinski definition) is 10. The summed E-state index contributed by atoms with van der Waals surface area (Å²) >= 11 is 3.45. The van der Waals surface area contributed by atoms with E-state index in [0.29, 0.717) is 34.5 Å². The molecule has 1 saturated carbocycles. The van der Waals surface area contributed by atoms with E-state index < -0.39 is 53.1 Å². The second kappa shape index (κ2) is 14.6. The lowest BCUT2D eigenvalue weighted by Gasteiger charge is -2.30. The summed E-state index contributed by atoms with van der Waals surface area (Å²) in [7, 11) is 0. The zero-order valence-electron chi connectivity index (χ0n) is 27.2. The van der Waals surface area contributed by atoms with Crippen molar-refractivity contribution in [1.82, 2.24) is 35.7 Å². The van der Waals surface area contributed by atoms with Gasteiger partial charge in [-0.1, -0.05) is 25.0 Å². The van der Waals surface area contributed by atoms with E-state index in [0.717, 1.165) is 19.3 Å². The van der Waals surface area contributed by atoms with Crippen molar-refractivity contribution in [3.8, 4) is 17.1 Å². The van der Waals surface area contributed by atoms with Crippen LogP contribution in [0, 0.1) is 5.92 Å². The summed E-state index contributed by atoms with van der Waals surface area (Å²) in [6, 6.07) is 2.61. The smallest absolute Gasteiger partial charge is 0.408 e. The van der Waals surface area contributed by atoms with Crippen molar-refractivity contribution in [3.63, 3.8) is 0 Å². The maximum atomic E-state index is 14.2. The minimum Gasteiger partial charge on any atom is -0.490 e. The molecule has 0 unspecified atom stereocenters. The van der Waals surface area contributed by atoms with E-state index in [1.54, 1.807) is 39.0 Å². The number of tetrazole rings is 1. The number of alkyl carbamates (subject to hydrolysis) is 1. The van der Waals surface area contributed by atoms with E-state index >= 15 is 0 Å². The molecule has 2 fully saturated rings. The Balaban J connectivity index is 1.42. The lowest BCUT2D eigenvalue weighted by atomic mass is 10.0. The number of allylic oxidation sites excluding steroid dienone is 1. The normalized spacial score (nSPS) is 27.1. The van der Waals surface area contributed by atoms with E-state index in [9.17, 15) is 24.3 Å². The topological polar surface area (TPSA) is 198 Å². The zero-order valence-corrected chi connectivity index (χ0v) is 28.8. The van der Waals surface area contributed by atoms with Gasteiger partial charge >= 0.3 is 12.1 Å². The van der Waals surface area contributed by atoms with Crippen molar-refractivity contribution >= 4 is 39.8 Å². The number of carbonyl (C=O) groups is 4. The number of aliphatic carboxylic acids is 1. The van der Waals surface area contributed by atoms with Gasteiger partial charge < -0.3 is 35.2 Å². The zero-order chi connectivity index (χ0) is 34.6. The number of carbonyl (C=O) groups excluding carboxylic acids is 3. The van der Waals surface area contributed by atoms with E-state index in [2.05, 4.69) is 42.0 Å². The summed E-state index contributed by atoms with van der Waals surface area (Å²) in [4.78, 5) is 56.0. The lowest BCUT2D eigenvalue weighted by Crippen LogP contribution is -2.56. The number of aliphatic hydroxyl groups excluding tert-OH is 1. The van der Waals surface area contributed by atoms with Crippen LogP contribution < -0.4 is 15.4 Å². The number of nitrogens with zero attached hydrogens (tertiary/aromatic N) is 5. The van der Waals surface area contributed by atoms with Crippen molar-refractivity contribution in [3.05, 3.63) is 34.8 Å². The van der Waals surface area contributed by atoms with E-state index in [1.165, 1.54) is 9.70 Å². The lowest BCUT2D eigenvalue weighted by molar-refractivity contribution is -0.145. The van der Waals surface area contributed by atoms with Crippen LogP contribution in [0.4, 0.5) is 4.79 Å². The van der Waals surface area contributed by atoms with Crippen molar-refractivity contribution in [2.75, 3.05) is 19.8 Å². The molecule has 16 heteroatoms. The average molecular weight is 733 g/mol. The van der Waals surface area contributed by atoms with Gasteiger partial charge in [0.1, 0.15) is 35.6 Å². The Morgan fingerprint density at radius 3 is 2.71 bits per heavy atom. The summed E-state index contributed by atoms with van der Waals surface area (Å²) in [5.74, 6) is -1.73. The number of hydrogen-bond donors (Lipinski definition) is 4. The average Bonchev–Trinajstić information content (AvgIpc) is 3.32. The maximum Gasteiger partial charge on any atom is 0.408 e. The molecule has 0 radical (unpaired) electrons. The van der Waals surface area contributed by atoms with E-state index in [4.69, 9.17) is 14.6 Å². The van der Waals surface area contributed by atoms with Gasteiger partial charge in [0.05, 0.1) is 17.1 Å². The SMILES string of the molecule is CC(C)(C)OC(=O)N[C@H]1CCCCC/C=C\[C@@H]2C[C@@]2(C(=O)O)NC(=O)[C@@H]2C[C@@H](n3nnc(-c4ccc(OCCO)c(Br)c4)n3)CN2C1=O. The number of carboxylic acids is 1. The Kier molecular flexibility index (Phi) is 10.7. The third-order valence-electron chi connectivity index (χ3n) is 8.62. The molecule has 3 heterocycles. The molecular weight excluding hydrogens is 690 g/mol. The summed E-state index contributed by atoms with van der Waals surface area (Å²) in [5, 5.41) is 37.6. The minimum atomic E-state index is -1.45. The van der Waals surface area contributed by atoms with Crippen molar-refractivity contribution < 1.29 is 38.9 Å². The third-order valence-corrected chi connectivity index (χ3v) is 9.24. The minimum absolute atomic E-state index is 0.0280. The predicted molar refractivity (Wildman–Crippen MR) is 175 cm³/mol. The number of aromatic nitrogens is 4. The van der Waals surface area contributed by atoms with Gasteiger partial charge in [0.25, 0.3) is 0 Å². The van der Waals surface area contributed by atoms with Crippen molar-refractivity contribution in [1.29, 1.82) is 0 Å². The number of halogens is 1. The molecule has 5 atom stereocenters. The molecule has 3 aliphatic rings. The van der Waals surface area contributed by atoms with E-state index in [1.807, 2.05) is 12.2 Å². The molecule has 2 aromatic rings. The van der Waals surface area contributed by atoms with Gasteiger partial charge in [-0.2, -0.15) is 4.80 Å². The van der Waals surface area contributed by atoms with Crippen molar-refractivity contribution in [2.24, 2.45) is 5.92 Å². The highest BCUT2D eigenvalue weighted by Crippen LogP contribution is 2.45. The van der Waals surface area contributed by atoms with Gasteiger partial charge in [0.2, 0.25) is 17.6 Å². The highest BCUT2D eigenvalue weighted by atomic mass is 79.9. The highest BCUT2D eigenvalue weighted by Gasteiger charge is 2.61. The highest BCUT2D eigenvalue weighted by molar-refractivity contribution is 9.10. The van der Waals surface area contributed by atoms with E-state index in [-0.39, 0.29) is 38.5 Å². The Bertz CT molecular complexity index is 1560. The second-order valence-corrected chi connectivity index (χ2v) is 14.2. The summed E-state index contributed by atoms with van der Waals surface area (Å²) < 4.78 is 11.6. The predicted octanol–water partition coefficient (Wildman–Crippen LogP) is 2.99. The Morgan fingerprint density at radius 2 is 2.00 bits per heavy atom. The fraction of sp³-hybridized carbons (Fsp3) is 0.594. The molecule has 1 aromatic heterocycles. The Labute approximate surface area is 286 Å². The molecular formula is C32H42BrN7O8. The fourth-order valence-electron chi connectivity index (χ4n) is 6.10. The molecule has 0 bridgehead atoms. The Hall–Kier alpha value is -4.05. The van der Waals surface area contributed by atoms with Crippen LogP contribution in [0.2, 0.25) is 0 Å². The monoisotopic (exact) mass is 731 g/mol. The van der Waals surface area contributed by atoms with Gasteiger partial charge in [0.15, 0.2) is 0 Å². The summed E-state index contributed by atoms with van der Waals surface area (Å²) in [6.45, 7) is 5.22. The summed E-state index contributed by atoms with van der Waals surface area (Å²) in [5.41, 5.74) is -1.61. The number of nitrogens with one attached hydrogen (secondary N) is 2. The van der Waals surface area contributed by atoms with Gasteiger partial charge in [-0.3, -0.25) is 9.59 Å². The van der Waals surface area contributed by atoms with Crippen LogP contribution in [-0.4, -0.2) is 102 Å². The molecule has 4 N–H and O–H groups in total. The van der Waals surface area contributed by atoms with Crippen LogP contribution in [0.3, 0.4) is 0 Å². The van der Waals surface area contributed by atoms with Crippen LogP contribution in [0.5, 0.6) is 5.75 Å². The number of amides is 3. The van der Waals surface area contributed by atoms with Crippen LogP contribution in [0.15, 0.2) is 34.8 Å². The fourth-order valence-corrected chi connectivity index (χ4v) is 6.60. The standard InChI is InChI=1S/C32H42BrN7O8/c1-31(2,3)48-30(46)34-23-10-8-6-4-5-7-9-20-17-32(20,29(44)45)35-27(42)24-16-21(18-39(24)28(23)43)40-37-26(36-38-40)19-11-12-25(22(33)15-19)47-14-13-41/h7,9,11-12,15,20-21,23-24,41H,4-6,8,10,13-14,16-18H2,1-3H3,(H,34,46)(H,35,42)(H,44,45)/b9-7-/t20-,21-,23+,24+,32-/m1/s1. The molecule has 3 amide bonds. The molecule has 2 aliphatic heterocycles. The van der Waals surface area contributed by atoms with Gasteiger partial charge in [-0.05, 0) is 85.8 Å². The van der Waals surface area contributed by atoms with Gasteiger partial charge in [-0.15, -0.1) is 10.2 Å². The molecule has 1 aromatic carbocycles. The van der Waals surface area contributed by atoms with Gasteiger partial charge in [-0.25, -0.2) is 9.59 Å². The quantitative estimate of drug-likeness (QED) is 0.306. The first-order valence-corrected chi connectivity index (χ1v) is 17.0. The number of fused-ring (bicyclic) bond motifs is 2. The number of aliphatic hydroxyl groups is 1. The molecule has 15 nitrogen and oxygen atoms in total. The largest absolute Gasteiger partial charge is 0.490 e. The number of carboxylic acid groups (broad SMARTS) is 1. The molecule has 1 aliphatic carbocycles. The second-order valence-electron chi connectivity index (χ2n) is 13.4. The maximum absolute atomic E-state index is 14.2. The van der Waals surface area contributed by atoms with Gasteiger partial charge in [0, 0.05) is 24.4 Å². The number of rotatable bonds is 7. The molecule has 260 valence electrons. The van der Waals surface area contributed by atoms with Crippen LogP contribution in [0.1, 0.15) is 71.8 Å². The first kappa shape index (κ1) is 35.3. The molecule has 5 rings (SSSR count). The molecule has 48 heavy (non-hydrogen) atoms. The Morgan fingerprint density at radius 1 is 1.21 bits per heavy atom. The molecule has 0 spiro atoms. The third kappa shape index (κ3) is 8.14. The number of benzene rings is 1. The van der Waals surface area contributed by atoms with Crippen LogP contribution in [0.25, 0.3) is 11.4 Å². The number of ether oxygens (including phenoxy) is 2. The van der Waals surface area contributed by atoms with Crippen LogP contribution >= 0.6 is 15.9 Å².